The molecule has 0 saturated heterocycles. The highest BCUT2D eigenvalue weighted by Crippen LogP contribution is 2.21. The first-order chi connectivity index (χ1) is 16.9. The third-order valence-corrected chi connectivity index (χ3v) is 6.69. The molecule has 0 N–H and O–H groups in total. The summed E-state index contributed by atoms with van der Waals surface area (Å²) in [6.45, 7) is 6.94. The quantitative estimate of drug-likeness (QED) is 0.100. The van der Waals surface area contributed by atoms with E-state index in [1.54, 1.807) is 6.92 Å². The van der Waals surface area contributed by atoms with Crippen molar-refractivity contribution >= 4 is 5.97 Å². The van der Waals surface area contributed by atoms with Gasteiger partial charge in [-0.2, -0.15) is 0 Å². The highest BCUT2D eigenvalue weighted by atomic mass is 16.7. The average molecular weight is 483 g/mol. The van der Waals surface area contributed by atoms with Gasteiger partial charge in [0.15, 0.2) is 6.04 Å². The zero-order chi connectivity index (χ0) is 25.5. The predicted molar refractivity (Wildman–Crippen MR) is 145 cm³/mol. The number of ether oxygens (including phenoxy) is 2. The van der Waals surface area contributed by atoms with Crippen LogP contribution in [0.15, 0.2) is 54.6 Å². The first-order valence-electron chi connectivity index (χ1n) is 13.7. The molecule has 0 amide bonds. The van der Waals surface area contributed by atoms with E-state index < -0.39 is 6.29 Å². The molecule has 2 aromatic carbocycles. The number of carbonyl (C=O) groups excluding carboxylic acids is 1. The van der Waals surface area contributed by atoms with Crippen molar-refractivity contribution in [3.05, 3.63) is 65.7 Å². The van der Waals surface area contributed by atoms with E-state index in [0.717, 1.165) is 31.6 Å². The normalized spacial score (nSPS) is 13.3. The lowest BCUT2D eigenvalue weighted by atomic mass is 10.0. The number of nitrogens with zero attached hydrogens (tertiary/aromatic N) is 1. The third kappa shape index (κ3) is 10.9. The third-order valence-electron chi connectivity index (χ3n) is 6.69. The lowest BCUT2D eigenvalue weighted by Gasteiger charge is -2.37. The van der Waals surface area contributed by atoms with Crippen molar-refractivity contribution in [2.75, 3.05) is 14.1 Å². The largest absolute Gasteiger partial charge is 0.455 e. The lowest BCUT2D eigenvalue weighted by Crippen LogP contribution is -2.53. The fraction of sp³-hybridized carbons (Fsp3) is 0.581. The summed E-state index contributed by atoms with van der Waals surface area (Å²) in [5, 5.41) is 0. The van der Waals surface area contributed by atoms with Crippen LogP contribution in [0.4, 0.5) is 0 Å². The van der Waals surface area contributed by atoms with Gasteiger partial charge in [-0.3, -0.25) is 0 Å². The molecule has 0 spiro atoms. The molecule has 2 atom stereocenters. The molecule has 0 aliphatic carbocycles. The molecule has 35 heavy (non-hydrogen) atoms. The number of unbranched alkanes of at least 4 members (excludes halogenated alkanes) is 6. The van der Waals surface area contributed by atoms with E-state index in [1.165, 1.54) is 56.1 Å². The van der Waals surface area contributed by atoms with Crippen molar-refractivity contribution in [2.45, 2.75) is 104 Å². The number of carbonyl (C=O) groups is 1. The molecule has 2 unspecified atom stereocenters. The summed E-state index contributed by atoms with van der Waals surface area (Å²) < 4.78 is 12.2. The van der Waals surface area contributed by atoms with Crippen LogP contribution in [0.1, 0.15) is 89.7 Å². The Bertz CT molecular complexity index is 832. The minimum Gasteiger partial charge on any atom is -0.455 e. The number of likely N-dealkylation sites (N-methyl/N-ethyl adjacent to an activating group) is 1. The molecule has 0 aliphatic heterocycles. The summed E-state index contributed by atoms with van der Waals surface area (Å²) in [6, 6.07) is 18.3. The number of esters is 1. The van der Waals surface area contributed by atoms with Gasteiger partial charge in [-0.05, 0) is 37.0 Å². The van der Waals surface area contributed by atoms with E-state index in [0.29, 0.717) is 4.48 Å². The smallest absolute Gasteiger partial charge is 0.368 e. The Balaban J connectivity index is 1.82. The van der Waals surface area contributed by atoms with Gasteiger partial charge in [0.25, 0.3) is 0 Å². The minimum atomic E-state index is -0.632. The van der Waals surface area contributed by atoms with Crippen molar-refractivity contribution in [1.29, 1.82) is 0 Å². The van der Waals surface area contributed by atoms with E-state index in [-0.39, 0.29) is 12.0 Å². The molecule has 0 heterocycles. The zero-order valence-corrected chi connectivity index (χ0v) is 22.8. The molecule has 0 radical (unpaired) electrons. The second-order valence-electron chi connectivity index (χ2n) is 10.4. The number of hydrogen-bond donors (Lipinski definition) is 0. The summed E-state index contributed by atoms with van der Waals surface area (Å²) in [7, 11) is 4.20. The van der Waals surface area contributed by atoms with Gasteiger partial charge in [-0.1, -0.05) is 94.8 Å². The molecule has 0 bridgehead atoms. The Hall–Kier alpha value is -2.33. The van der Waals surface area contributed by atoms with Gasteiger partial charge in [0, 0.05) is 18.9 Å². The molecule has 0 aliphatic rings. The Kier molecular flexibility index (Phi) is 12.9. The van der Waals surface area contributed by atoms with Crippen LogP contribution in [0, 0.1) is 0 Å². The minimum absolute atomic E-state index is 0.198. The van der Waals surface area contributed by atoms with Crippen molar-refractivity contribution in [3.63, 3.8) is 0 Å². The van der Waals surface area contributed by atoms with Crippen molar-refractivity contribution in [1.82, 2.24) is 0 Å². The summed E-state index contributed by atoms with van der Waals surface area (Å²) >= 11 is 0. The molecule has 0 saturated carbocycles. The Morgan fingerprint density at radius 1 is 0.800 bits per heavy atom. The Morgan fingerprint density at radius 2 is 1.43 bits per heavy atom. The zero-order valence-electron chi connectivity index (χ0n) is 22.8. The molecule has 0 aromatic heterocycles. The van der Waals surface area contributed by atoms with Gasteiger partial charge >= 0.3 is 5.97 Å². The SMILES string of the molecule is CCCCCCCCCc1ccc(OC(C)OC(=O)C(CCC)[N+](C)(C)Cc2ccccc2)cc1. The van der Waals surface area contributed by atoms with Crippen LogP contribution < -0.4 is 4.74 Å². The lowest BCUT2D eigenvalue weighted by molar-refractivity contribution is -0.920. The van der Waals surface area contributed by atoms with Gasteiger partial charge in [0.1, 0.15) is 12.3 Å². The van der Waals surface area contributed by atoms with E-state index in [4.69, 9.17) is 9.47 Å². The maximum atomic E-state index is 13.1. The van der Waals surface area contributed by atoms with E-state index in [1.807, 2.05) is 30.3 Å². The summed E-state index contributed by atoms with van der Waals surface area (Å²) in [4.78, 5) is 13.1. The van der Waals surface area contributed by atoms with Gasteiger partial charge in [-0.15, -0.1) is 0 Å². The standard InChI is InChI=1S/C31H48NO3/c1-6-8-9-10-11-12-14-18-27-21-23-29(24-22-27)34-26(3)35-31(33)30(17-7-2)32(4,5)25-28-19-15-13-16-20-28/h13,15-16,19-24,26,30H,6-12,14,17-18,25H2,1-5H3/q+1. The number of benzene rings is 2. The van der Waals surface area contributed by atoms with Crippen LogP contribution in [0.2, 0.25) is 0 Å². The van der Waals surface area contributed by atoms with Crippen LogP contribution in [-0.2, 0) is 22.5 Å². The van der Waals surface area contributed by atoms with Crippen molar-refractivity contribution < 1.29 is 18.8 Å². The molecular formula is C31H48NO3+. The van der Waals surface area contributed by atoms with Crippen LogP contribution in [0.5, 0.6) is 5.75 Å². The highest BCUT2D eigenvalue weighted by Gasteiger charge is 2.36. The maximum absolute atomic E-state index is 13.1. The van der Waals surface area contributed by atoms with Crippen LogP contribution >= 0.6 is 0 Å². The Labute approximate surface area is 214 Å². The van der Waals surface area contributed by atoms with Gasteiger partial charge in [0.2, 0.25) is 6.29 Å². The van der Waals surface area contributed by atoms with Crippen LogP contribution in [0.25, 0.3) is 0 Å². The molecule has 4 heteroatoms. The molecule has 2 aromatic rings. The van der Waals surface area contributed by atoms with E-state index in [2.05, 4.69) is 52.2 Å². The Morgan fingerprint density at radius 3 is 2.06 bits per heavy atom. The molecule has 4 nitrogen and oxygen atoms in total. The number of hydrogen-bond acceptors (Lipinski definition) is 3. The summed E-state index contributed by atoms with van der Waals surface area (Å²) in [6.07, 6.45) is 11.4. The van der Waals surface area contributed by atoms with Crippen LogP contribution in [0.3, 0.4) is 0 Å². The van der Waals surface area contributed by atoms with Crippen molar-refractivity contribution in [3.8, 4) is 5.75 Å². The number of rotatable bonds is 17. The fourth-order valence-corrected chi connectivity index (χ4v) is 4.67. The van der Waals surface area contributed by atoms with Gasteiger partial charge < -0.3 is 14.0 Å². The maximum Gasteiger partial charge on any atom is 0.368 e. The molecule has 0 fully saturated rings. The fourth-order valence-electron chi connectivity index (χ4n) is 4.67. The van der Waals surface area contributed by atoms with Gasteiger partial charge in [-0.25, -0.2) is 4.79 Å². The monoisotopic (exact) mass is 482 g/mol. The number of aryl methyl sites for hydroxylation is 1. The summed E-state index contributed by atoms with van der Waals surface area (Å²) in [5.41, 5.74) is 2.55. The molecule has 2 rings (SSSR count). The predicted octanol–water partition coefficient (Wildman–Crippen LogP) is 7.69. The van der Waals surface area contributed by atoms with Crippen LogP contribution in [-0.4, -0.2) is 36.9 Å². The van der Waals surface area contributed by atoms with Gasteiger partial charge in [0.05, 0.1) is 14.1 Å². The summed E-state index contributed by atoms with van der Waals surface area (Å²) in [5.74, 6) is 0.537. The average Bonchev–Trinajstić information content (AvgIpc) is 2.83. The molecule has 194 valence electrons. The number of quaternary nitrogens is 1. The molecular weight excluding hydrogens is 434 g/mol. The van der Waals surface area contributed by atoms with E-state index in [9.17, 15) is 4.79 Å². The highest BCUT2D eigenvalue weighted by molar-refractivity contribution is 5.74. The first kappa shape index (κ1) is 28.9. The van der Waals surface area contributed by atoms with Crippen molar-refractivity contribution in [2.24, 2.45) is 0 Å². The second kappa shape index (κ2) is 15.6. The second-order valence-corrected chi connectivity index (χ2v) is 10.4. The van der Waals surface area contributed by atoms with E-state index >= 15 is 0 Å². The topological polar surface area (TPSA) is 35.5 Å². The first-order valence-corrected chi connectivity index (χ1v) is 13.7.